The number of carbonyl (C=O) groups is 1. The third-order valence-corrected chi connectivity index (χ3v) is 5.09. The van der Waals surface area contributed by atoms with Crippen molar-refractivity contribution in [3.8, 4) is 11.5 Å². The van der Waals surface area contributed by atoms with E-state index in [1.807, 2.05) is 36.4 Å². The summed E-state index contributed by atoms with van der Waals surface area (Å²) in [4.78, 5) is 11.5. The van der Waals surface area contributed by atoms with Gasteiger partial charge in [0.25, 0.3) is 0 Å². The van der Waals surface area contributed by atoms with Gasteiger partial charge < -0.3 is 15.6 Å². The Balaban J connectivity index is 1.72. The van der Waals surface area contributed by atoms with Gasteiger partial charge in [-0.05, 0) is 48.2 Å². The molecule has 0 fully saturated rings. The van der Waals surface area contributed by atoms with Crippen LogP contribution in [0.1, 0.15) is 45.1 Å². The summed E-state index contributed by atoms with van der Waals surface area (Å²) in [6.07, 6.45) is -4.30. The highest BCUT2D eigenvalue weighted by Gasteiger charge is 2.39. The molecule has 3 aromatic rings. The molecular weight excluding hydrogens is 461 g/mol. The number of nitrogens with two attached hydrogens (primary N) is 1. The Morgan fingerprint density at radius 1 is 1.09 bits per heavy atom. The van der Waals surface area contributed by atoms with Crippen LogP contribution in [0.5, 0.6) is 11.5 Å². The Kier molecular flexibility index (Phi) is 7.75. The van der Waals surface area contributed by atoms with Gasteiger partial charge in [-0.2, -0.15) is 23.8 Å². The summed E-state index contributed by atoms with van der Waals surface area (Å²) in [5, 5.41) is 17.3. The Bertz CT molecular complexity index is 1260. The lowest BCUT2D eigenvalue weighted by Crippen LogP contribution is -2.16. The highest BCUT2D eigenvalue weighted by molar-refractivity contribution is 5.98. The monoisotopic (exact) mass is 484 g/mol. The summed E-state index contributed by atoms with van der Waals surface area (Å²) in [6.45, 7) is 4.18. The predicted octanol–water partition coefficient (Wildman–Crippen LogP) is 4.61. The van der Waals surface area contributed by atoms with Crippen LogP contribution >= 0.6 is 0 Å². The summed E-state index contributed by atoms with van der Waals surface area (Å²) in [5.74, 6) is -2.11. The third kappa shape index (κ3) is 6.38. The molecule has 0 aliphatic heterocycles. The molecule has 182 valence electrons. The van der Waals surface area contributed by atoms with Gasteiger partial charge in [-0.25, -0.2) is 0 Å². The first-order valence-corrected chi connectivity index (χ1v) is 10.4. The molecule has 0 heterocycles. The van der Waals surface area contributed by atoms with Crippen molar-refractivity contribution in [3.63, 3.8) is 0 Å². The predicted molar refractivity (Wildman–Crippen MR) is 127 cm³/mol. The Morgan fingerprint density at radius 2 is 1.77 bits per heavy atom. The molecule has 0 saturated carbocycles. The number of halogens is 3. The van der Waals surface area contributed by atoms with E-state index < -0.39 is 34.6 Å². The van der Waals surface area contributed by atoms with E-state index in [2.05, 4.69) is 22.5 Å². The summed E-state index contributed by atoms with van der Waals surface area (Å²) >= 11 is 0. The van der Waals surface area contributed by atoms with E-state index in [0.717, 1.165) is 30.2 Å². The number of nitrogens with zero attached hydrogens (tertiary/aromatic N) is 2. The molecule has 35 heavy (non-hydrogen) atoms. The first kappa shape index (κ1) is 25.3. The number of nitrogens with one attached hydrogen (secondary N) is 1. The second kappa shape index (κ2) is 10.7. The average Bonchev–Trinajstić information content (AvgIpc) is 2.81. The first-order chi connectivity index (χ1) is 16.6. The van der Waals surface area contributed by atoms with Crippen LogP contribution in [-0.2, 0) is 19.2 Å². The van der Waals surface area contributed by atoms with Crippen molar-refractivity contribution >= 4 is 18.3 Å². The lowest BCUT2D eigenvalue weighted by molar-refractivity contribution is -0.140. The molecule has 0 aromatic heterocycles. The lowest BCUT2D eigenvalue weighted by atomic mass is 10.0. The van der Waals surface area contributed by atoms with Crippen molar-refractivity contribution in [1.82, 2.24) is 5.53 Å². The number of aromatic hydroxyl groups is 1. The number of hydrogen-bond acceptors (Lipinski definition) is 6. The number of hydrazone groups is 2. The molecule has 7 nitrogen and oxygen atoms in total. The highest BCUT2D eigenvalue weighted by Crippen LogP contribution is 2.44. The van der Waals surface area contributed by atoms with Gasteiger partial charge in [-0.1, -0.05) is 42.5 Å². The van der Waals surface area contributed by atoms with E-state index >= 15 is 0 Å². The van der Waals surface area contributed by atoms with Gasteiger partial charge in [0.05, 0.1) is 5.56 Å². The van der Waals surface area contributed by atoms with Crippen LogP contribution in [0, 0.1) is 0 Å². The summed E-state index contributed by atoms with van der Waals surface area (Å²) in [7, 11) is 0. The van der Waals surface area contributed by atoms with Crippen molar-refractivity contribution in [2.24, 2.45) is 15.9 Å². The van der Waals surface area contributed by atoms with Gasteiger partial charge in [-0.15, -0.1) is 5.10 Å². The molecule has 0 amide bonds. The van der Waals surface area contributed by atoms with Crippen LogP contribution in [0.3, 0.4) is 0 Å². The second-order valence-electron chi connectivity index (χ2n) is 7.63. The number of hydrogen-bond donors (Lipinski definition) is 3. The molecule has 0 radical (unpaired) electrons. The fourth-order valence-electron chi connectivity index (χ4n) is 3.40. The Morgan fingerprint density at radius 3 is 2.40 bits per heavy atom. The number of alkyl halides is 3. The van der Waals surface area contributed by atoms with Crippen LogP contribution < -0.4 is 16.0 Å². The zero-order valence-corrected chi connectivity index (χ0v) is 18.8. The number of carbonyl (C=O) groups excluding carboxylic acids is 1. The fraction of sp³-hybridized carbons (Fsp3) is 0.160. The van der Waals surface area contributed by atoms with E-state index in [0.29, 0.717) is 17.5 Å². The molecule has 0 aliphatic carbocycles. The SMILES string of the molecule is C=NN/N=C(\N)c1cccc(Cc2ccc(COc3ccc(C(C)=O)c(O)c3C(F)(F)F)cc2)c1. The van der Waals surface area contributed by atoms with Crippen molar-refractivity contribution < 1.29 is 27.8 Å². The molecule has 0 atom stereocenters. The average molecular weight is 484 g/mol. The fourth-order valence-corrected chi connectivity index (χ4v) is 3.40. The first-order valence-electron chi connectivity index (χ1n) is 10.4. The Hall–Kier alpha value is -4.34. The van der Waals surface area contributed by atoms with Crippen molar-refractivity contribution in [2.45, 2.75) is 26.1 Å². The molecule has 0 aliphatic rings. The molecule has 4 N–H and O–H groups in total. The molecule has 0 saturated heterocycles. The van der Waals surface area contributed by atoms with Gasteiger partial charge in [-0.3, -0.25) is 4.79 Å². The van der Waals surface area contributed by atoms with Crippen LogP contribution in [0.4, 0.5) is 13.2 Å². The van der Waals surface area contributed by atoms with Gasteiger partial charge in [0, 0.05) is 12.3 Å². The molecule has 10 heteroatoms. The van der Waals surface area contributed by atoms with E-state index in [-0.39, 0.29) is 12.4 Å². The number of benzene rings is 3. The molecular formula is C25H23F3N4O3. The van der Waals surface area contributed by atoms with E-state index in [1.165, 1.54) is 0 Å². The van der Waals surface area contributed by atoms with Crippen LogP contribution in [-0.4, -0.2) is 23.4 Å². The van der Waals surface area contributed by atoms with Crippen molar-refractivity contribution in [3.05, 3.63) is 94.0 Å². The maximum absolute atomic E-state index is 13.5. The lowest BCUT2D eigenvalue weighted by Gasteiger charge is -2.17. The summed E-state index contributed by atoms with van der Waals surface area (Å²) < 4.78 is 45.9. The number of ether oxygens (including phenoxy) is 1. The number of phenols is 1. The minimum absolute atomic E-state index is 0.158. The highest BCUT2D eigenvalue weighted by atomic mass is 19.4. The zero-order valence-electron chi connectivity index (χ0n) is 18.8. The summed E-state index contributed by atoms with van der Waals surface area (Å²) in [6, 6.07) is 16.8. The quantitative estimate of drug-likeness (QED) is 0.178. The molecule has 3 rings (SSSR count). The maximum Gasteiger partial charge on any atom is 0.423 e. The Labute approximate surface area is 199 Å². The van der Waals surface area contributed by atoms with Crippen LogP contribution in [0.15, 0.2) is 70.9 Å². The number of Topliss-reactive ketones (excluding diaryl/α,β-unsaturated/α-hetero) is 1. The number of phenolic OH excluding ortho intramolecular Hbond substituents is 1. The zero-order chi connectivity index (χ0) is 25.6. The number of amidine groups is 1. The number of rotatable bonds is 9. The van der Waals surface area contributed by atoms with Gasteiger partial charge in [0.15, 0.2) is 11.6 Å². The summed E-state index contributed by atoms with van der Waals surface area (Å²) in [5.41, 5.74) is 9.73. The van der Waals surface area contributed by atoms with Gasteiger partial charge >= 0.3 is 6.18 Å². The molecule has 0 spiro atoms. The molecule has 0 bridgehead atoms. The van der Waals surface area contributed by atoms with E-state index in [4.69, 9.17) is 10.5 Å². The second-order valence-corrected chi connectivity index (χ2v) is 7.63. The smallest absolute Gasteiger partial charge is 0.423 e. The van der Waals surface area contributed by atoms with Crippen LogP contribution in [0.2, 0.25) is 0 Å². The minimum Gasteiger partial charge on any atom is -0.506 e. The van der Waals surface area contributed by atoms with E-state index in [1.54, 1.807) is 12.1 Å². The van der Waals surface area contributed by atoms with Crippen molar-refractivity contribution in [2.75, 3.05) is 0 Å². The van der Waals surface area contributed by atoms with E-state index in [9.17, 15) is 23.1 Å². The largest absolute Gasteiger partial charge is 0.506 e. The van der Waals surface area contributed by atoms with Gasteiger partial charge in [0.2, 0.25) is 0 Å². The standard InChI is InChI=1S/C25H23F3N4O3/c1-15(33)20-10-11-21(22(23(20)34)25(26,27)28)35-14-17-8-6-16(7-9-17)12-18-4-3-5-19(13-18)24(29)31-32-30-2/h3-11,13,32,34H,2,12,14H2,1H3,(H2,29,31). The van der Waals surface area contributed by atoms with Gasteiger partial charge in [0.1, 0.15) is 23.7 Å². The minimum atomic E-state index is -4.89. The van der Waals surface area contributed by atoms with Crippen molar-refractivity contribution in [1.29, 1.82) is 0 Å². The molecule has 3 aromatic carbocycles. The third-order valence-electron chi connectivity index (χ3n) is 5.09. The number of ketones is 1. The molecule has 0 unspecified atom stereocenters. The maximum atomic E-state index is 13.5. The normalized spacial score (nSPS) is 11.7. The topological polar surface area (TPSA) is 109 Å². The van der Waals surface area contributed by atoms with Crippen LogP contribution in [0.25, 0.3) is 0 Å².